The van der Waals surface area contributed by atoms with Crippen molar-refractivity contribution in [2.45, 2.75) is 12.6 Å². The van der Waals surface area contributed by atoms with Gasteiger partial charge in [0.1, 0.15) is 11.9 Å². The lowest BCUT2D eigenvalue weighted by Crippen LogP contribution is -2.48. The van der Waals surface area contributed by atoms with Gasteiger partial charge in [0.25, 0.3) is 0 Å². The number of piperazine rings is 1. The minimum absolute atomic E-state index is 0.233. The third-order valence-corrected chi connectivity index (χ3v) is 6.55. The molecule has 31 heavy (non-hydrogen) atoms. The number of thiophene rings is 1. The summed E-state index contributed by atoms with van der Waals surface area (Å²) >= 11 is 1.66. The lowest BCUT2D eigenvalue weighted by atomic mass is 10.0. The fourth-order valence-electron chi connectivity index (χ4n) is 4.14. The van der Waals surface area contributed by atoms with Crippen LogP contribution >= 0.6 is 11.3 Å². The summed E-state index contributed by atoms with van der Waals surface area (Å²) in [5.74, 6) is 0.440. The standard InChI is InChI=1S/C23H23FN6S/c24-21-11-5-4-10-20(21)22(23-25-26-27-30(23)17-19-9-6-16-31-19)29-14-12-28(13-15-29)18-7-2-1-3-8-18/h1-11,16,22H,12-15,17H2/t22-/m1/s1. The molecule has 3 heterocycles. The van der Waals surface area contributed by atoms with Crippen molar-refractivity contribution in [3.63, 3.8) is 0 Å². The largest absolute Gasteiger partial charge is 0.369 e. The Morgan fingerprint density at radius 1 is 0.903 bits per heavy atom. The molecule has 1 fully saturated rings. The van der Waals surface area contributed by atoms with Crippen LogP contribution in [0.4, 0.5) is 10.1 Å². The number of benzene rings is 2. The molecule has 4 aromatic rings. The highest BCUT2D eigenvalue weighted by molar-refractivity contribution is 7.09. The fraction of sp³-hybridized carbons (Fsp3) is 0.261. The number of halogens is 1. The Labute approximate surface area is 184 Å². The molecule has 2 aromatic heterocycles. The molecule has 0 N–H and O–H groups in total. The number of tetrazole rings is 1. The minimum atomic E-state index is -0.339. The Kier molecular flexibility index (Phi) is 5.73. The fourth-order valence-corrected chi connectivity index (χ4v) is 4.83. The Balaban J connectivity index is 1.44. The van der Waals surface area contributed by atoms with E-state index < -0.39 is 0 Å². The van der Waals surface area contributed by atoms with Crippen LogP contribution in [0.5, 0.6) is 0 Å². The Bertz CT molecular complexity index is 1110. The highest BCUT2D eigenvalue weighted by atomic mass is 32.1. The van der Waals surface area contributed by atoms with Crippen LogP contribution in [0.15, 0.2) is 72.1 Å². The molecule has 0 unspecified atom stereocenters. The maximum absolute atomic E-state index is 14.9. The van der Waals surface area contributed by atoms with Gasteiger partial charge in [0.2, 0.25) is 0 Å². The summed E-state index contributed by atoms with van der Waals surface area (Å²) in [6.45, 7) is 3.89. The molecule has 1 saturated heterocycles. The van der Waals surface area contributed by atoms with Crippen LogP contribution in [0.25, 0.3) is 0 Å². The molecule has 0 bridgehead atoms. The average molecular weight is 435 g/mol. The van der Waals surface area contributed by atoms with Gasteiger partial charge in [0.15, 0.2) is 5.82 Å². The van der Waals surface area contributed by atoms with Gasteiger partial charge in [-0.2, -0.15) is 0 Å². The van der Waals surface area contributed by atoms with Crippen molar-refractivity contribution in [3.8, 4) is 0 Å². The summed E-state index contributed by atoms with van der Waals surface area (Å²) in [4.78, 5) is 5.81. The first-order valence-electron chi connectivity index (χ1n) is 10.4. The zero-order valence-electron chi connectivity index (χ0n) is 17.0. The van der Waals surface area contributed by atoms with Gasteiger partial charge >= 0.3 is 0 Å². The normalized spacial score (nSPS) is 15.8. The van der Waals surface area contributed by atoms with Crippen molar-refractivity contribution in [1.29, 1.82) is 0 Å². The average Bonchev–Trinajstić information content (AvgIpc) is 3.49. The van der Waals surface area contributed by atoms with Gasteiger partial charge in [-0.3, -0.25) is 4.90 Å². The van der Waals surface area contributed by atoms with Gasteiger partial charge in [0.05, 0.1) is 6.54 Å². The monoisotopic (exact) mass is 434 g/mol. The highest BCUT2D eigenvalue weighted by Crippen LogP contribution is 2.31. The molecular formula is C23H23FN6S. The molecule has 0 radical (unpaired) electrons. The number of anilines is 1. The minimum Gasteiger partial charge on any atom is -0.369 e. The van der Waals surface area contributed by atoms with Gasteiger partial charge in [-0.1, -0.05) is 42.5 Å². The second-order valence-corrected chi connectivity index (χ2v) is 8.59. The summed E-state index contributed by atoms with van der Waals surface area (Å²) < 4.78 is 16.7. The predicted octanol–water partition coefficient (Wildman–Crippen LogP) is 3.83. The van der Waals surface area contributed by atoms with E-state index in [1.165, 1.54) is 11.8 Å². The van der Waals surface area contributed by atoms with E-state index in [4.69, 9.17) is 0 Å². The Morgan fingerprint density at radius 3 is 2.42 bits per heavy atom. The maximum atomic E-state index is 14.9. The lowest BCUT2D eigenvalue weighted by molar-refractivity contribution is 0.198. The molecule has 0 aliphatic carbocycles. The van der Waals surface area contributed by atoms with Crippen LogP contribution in [-0.2, 0) is 6.54 Å². The molecule has 1 aliphatic rings. The SMILES string of the molecule is Fc1ccccc1[C@H](c1nnnn1Cc1cccs1)N1CCN(c2ccccc2)CC1. The van der Waals surface area contributed by atoms with Crippen LogP contribution in [0.1, 0.15) is 22.3 Å². The summed E-state index contributed by atoms with van der Waals surface area (Å²) in [7, 11) is 0. The summed E-state index contributed by atoms with van der Waals surface area (Å²) in [5, 5.41) is 14.6. The van der Waals surface area contributed by atoms with Crippen LogP contribution in [0.3, 0.4) is 0 Å². The highest BCUT2D eigenvalue weighted by Gasteiger charge is 2.32. The van der Waals surface area contributed by atoms with E-state index in [9.17, 15) is 4.39 Å². The first-order chi connectivity index (χ1) is 15.3. The van der Waals surface area contributed by atoms with Crippen LogP contribution < -0.4 is 4.90 Å². The number of rotatable bonds is 6. The van der Waals surface area contributed by atoms with Crippen molar-refractivity contribution >= 4 is 17.0 Å². The number of hydrogen-bond donors (Lipinski definition) is 0. The first-order valence-corrected chi connectivity index (χ1v) is 11.2. The number of nitrogens with zero attached hydrogens (tertiary/aromatic N) is 6. The predicted molar refractivity (Wildman–Crippen MR) is 120 cm³/mol. The molecule has 6 nitrogen and oxygen atoms in total. The van der Waals surface area contributed by atoms with Crippen LogP contribution in [-0.4, -0.2) is 51.3 Å². The molecule has 0 spiro atoms. The zero-order valence-corrected chi connectivity index (χ0v) is 17.8. The number of aromatic nitrogens is 4. The van der Waals surface area contributed by atoms with E-state index in [2.05, 4.69) is 55.7 Å². The van der Waals surface area contributed by atoms with Crippen LogP contribution in [0.2, 0.25) is 0 Å². The quantitative estimate of drug-likeness (QED) is 0.462. The summed E-state index contributed by atoms with van der Waals surface area (Å²) in [5.41, 5.74) is 1.82. The first kappa shape index (κ1) is 19.8. The molecule has 0 saturated carbocycles. The number of hydrogen-bond acceptors (Lipinski definition) is 6. The van der Waals surface area contributed by atoms with Gasteiger partial charge in [0, 0.05) is 42.3 Å². The van der Waals surface area contributed by atoms with Gasteiger partial charge < -0.3 is 4.90 Å². The van der Waals surface area contributed by atoms with E-state index in [0.717, 1.165) is 31.1 Å². The molecule has 0 amide bonds. The van der Waals surface area contributed by atoms with E-state index in [1.807, 2.05) is 29.6 Å². The van der Waals surface area contributed by atoms with Crippen molar-refractivity contribution in [2.75, 3.05) is 31.1 Å². The molecule has 8 heteroatoms. The van der Waals surface area contributed by atoms with E-state index in [0.29, 0.717) is 17.9 Å². The smallest absolute Gasteiger partial charge is 0.173 e. The Morgan fingerprint density at radius 2 is 1.68 bits per heavy atom. The van der Waals surface area contributed by atoms with E-state index in [-0.39, 0.29) is 11.9 Å². The number of para-hydroxylation sites is 1. The van der Waals surface area contributed by atoms with Gasteiger partial charge in [-0.25, -0.2) is 9.07 Å². The molecule has 1 aliphatic heterocycles. The van der Waals surface area contributed by atoms with Gasteiger partial charge in [-0.15, -0.1) is 16.4 Å². The molecule has 1 atom stereocenters. The van der Waals surface area contributed by atoms with E-state index >= 15 is 0 Å². The van der Waals surface area contributed by atoms with Gasteiger partial charge in [-0.05, 0) is 40.1 Å². The molecular weight excluding hydrogens is 411 g/mol. The van der Waals surface area contributed by atoms with Crippen molar-refractivity contribution in [2.24, 2.45) is 0 Å². The molecule has 158 valence electrons. The van der Waals surface area contributed by atoms with Crippen molar-refractivity contribution < 1.29 is 4.39 Å². The van der Waals surface area contributed by atoms with Crippen molar-refractivity contribution in [3.05, 3.63) is 94.2 Å². The second-order valence-electron chi connectivity index (χ2n) is 7.56. The summed E-state index contributed by atoms with van der Waals surface area (Å²) in [6.07, 6.45) is 0. The van der Waals surface area contributed by atoms with Crippen LogP contribution in [0, 0.1) is 5.82 Å². The second kappa shape index (κ2) is 8.95. The third kappa shape index (κ3) is 4.22. The zero-order chi connectivity index (χ0) is 21.0. The molecule has 2 aromatic carbocycles. The molecule has 5 rings (SSSR count). The topological polar surface area (TPSA) is 50.1 Å². The third-order valence-electron chi connectivity index (χ3n) is 5.69. The summed E-state index contributed by atoms with van der Waals surface area (Å²) in [6, 6.07) is 21.1. The van der Waals surface area contributed by atoms with E-state index in [1.54, 1.807) is 22.1 Å². The van der Waals surface area contributed by atoms with Crippen molar-refractivity contribution in [1.82, 2.24) is 25.1 Å². The Hall–Kier alpha value is -3.10. The maximum Gasteiger partial charge on any atom is 0.173 e. The lowest BCUT2D eigenvalue weighted by Gasteiger charge is -2.40.